The number of hydrogen-bond donors (Lipinski definition) is 0. The third-order valence-corrected chi connectivity index (χ3v) is 3.01. The van der Waals surface area contributed by atoms with Crippen LogP contribution in [0, 0.1) is 19.7 Å². The zero-order chi connectivity index (χ0) is 13.3. The van der Waals surface area contributed by atoms with Gasteiger partial charge in [-0.1, -0.05) is 30.3 Å². The van der Waals surface area contributed by atoms with E-state index in [2.05, 4.69) is 0 Å². The van der Waals surface area contributed by atoms with Crippen molar-refractivity contribution < 1.29 is 9.18 Å². The van der Waals surface area contributed by atoms with Crippen molar-refractivity contribution in [3.05, 3.63) is 58.9 Å². The summed E-state index contributed by atoms with van der Waals surface area (Å²) in [6, 6.07) is 10.5. The molecule has 2 rings (SSSR count). The third kappa shape index (κ3) is 2.33. The summed E-state index contributed by atoms with van der Waals surface area (Å²) in [5, 5.41) is 0. The van der Waals surface area contributed by atoms with E-state index in [0.29, 0.717) is 11.1 Å². The van der Waals surface area contributed by atoms with Crippen LogP contribution >= 0.6 is 0 Å². The molecule has 0 atom stereocenters. The van der Waals surface area contributed by atoms with E-state index in [1.165, 1.54) is 13.0 Å². The first-order valence-electron chi connectivity index (χ1n) is 5.87. The second-order valence-electron chi connectivity index (χ2n) is 4.57. The lowest BCUT2D eigenvalue weighted by atomic mass is 9.97. The van der Waals surface area contributed by atoms with Crippen LogP contribution in [0.5, 0.6) is 0 Å². The van der Waals surface area contributed by atoms with E-state index < -0.39 is 0 Å². The molecule has 2 heteroatoms. The van der Waals surface area contributed by atoms with Crippen LogP contribution in [0.4, 0.5) is 4.39 Å². The molecule has 92 valence electrons. The van der Waals surface area contributed by atoms with Crippen molar-refractivity contribution in [3.63, 3.8) is 0 Å². The minimum atomic E-state index is -0.219. The average molecular weight is 242 g/mol. The Hall–Kier alpha value is -1.96. The van der Waals surface area contributed by atoms with Gasteiger partial charge >= 0.3 is 0 Å². The van der Waals surface area contributed by atoms with Gasteiger partial charge in [0.25, 0.3) is 0 Å². The first-order valence-corrected chi connectivity index (χ1v) is 5.87. The summed E-state index contributed by atoms with van der Waals surface area (Å²) in [5.74, 6) is -0.203. The molecule has 0 aliphatic carbocycles. The van der Waals surface area contributed by atoms with Gasteiger partial charge in [0, 0.05) is 11.1 Å². The fourth-order valence-electron chi connectivity index (χ4n) is 2.15. The zero-order valence-corrected chi connectivity index (χ0v) is 10.8. The van der Waals surface area contributed by atoms with Gasteiger partial charge in [0.1, 0.15) is 5.82 Å². The van der Waals surface area contributed by atoms with Crippen molar-refractivity contribution in [3.8, 4) is 11.1 Å². The van der Waals surface area contributed by atoms with E-state index in [-0.39, 0.29) is 11.6 Å². The first kappa shape index (κ1) is 12.5. The first-order chi connectivity index (χ1) is 8.49. The highest BCUT2D eigenvalue weighted by Gasteiger charge is 2.09. The predicted molar refractivity (Wildman–Crippen MR) is 71.3 cm³/mol. The largest absolute Gasteiger partial charge is 0.295 e. The Bertz CT molecular complexity index is 574. The van der Waals surface area contributed by atoms with Crippen LogP contribution in [-0.2, 0) is 0 Å². The highest BCUT2D eigenvalue weighted by Crippen LogP contribution is 2.27. The molecule has 0 heterocycles. The van der Waals surface area contributed by atoms with Gasteiger partial charge in [0.2, 0.25) is 0 Å². The van der Waals surface area contributed by atoms with Crippen LogP contribution in [0.2, 0.25) is 0 Å². The van der Waals surface area contributed by atoms with Crippen molar-refractivity contribution >= 4 is 5.78 Å². The molecule has 0 spiro atoms. The minimum Gasteiger partial charge on any atom is -0.295 e. The molecule has 0 aromatic heterocycles. The summed E-state index contributed by atoms with van der Waals surface area (Å²) in [4.78, 5) is 11.2. The molecule has 1 nitrogen and oxygen atoms in total. The topological polar surface area (TPSA) is 17.1 Å². The lowest BCUT2D eigenvalue weighted by Crippen LogP contribution is -1.94. The Morgan fingerprint density at radius 3 is 2.17 bits per heavy atom. The fourth-order valence-corrected chi connectivity index (χ4v) is 2.15. The number of carbonyl (C=O) groups excluding carboxylic acids is 1. The summed E-state index contributed by atoms with van der Waals surface area (Å²) < 4.78 is 14.0. The molecule has 0 radical (unpaired) electrons. The molecule has 0 unspecified atom stereocenters. The molecule has 0 fully saturated rings. The number of Topliss-reactive ketones (excluding diaryl/α,β-unsaturated/α-hetero) is 1. The van der Waals surface area contributed by atoms with E-state index in [0.717, 1.165) is 16.7 Å². The molecular formula is C16H15FO. The van der Waals surface area contributed by atoms with Crippen molar-refractivity contribution in [1.29, 1.82) is 0 Å². The highest BCUT2D eigenvalue weighted by molar-refractivity contribution is 5.94. The van der Waals surface area contributed by atoms with Crippen LogP contribution in [0.3, 0.4) is 0 Å². The molecule has 18 heavy (non-hydrogen) atoms. The lowest BCUT2D eigenvalue weighted by Gasteiger charge is -2.09. The zero-order valence-electron chi connectivity index (χ0n) is 10.8. The molecular weight excluding hydrogens is 227 g/mol. The molecule has 0 saturated heterocycles. The Kier molecular flexibility index (Phi) is 3.28. The SMILES string of the molecule is CC(=O)c1ccc(-c2c(C)cc(C)cc2F)cc1. The molecule has 2 aromatic rings. The van der Waals surface area contributed by atoms with Crippen molar-refractivity contribution in [2.45, 2.75) is 20.8 Å². The molecule has 2 aromatic carbocycles. The summed E-state index contributed by atoms with van der Waals surface area (Å²) >= 11 is 0. The number of rotatable bonds is 2. The lowest BCUT2D eigenvalue weighted by molar-refractivity contribution is 0.101. The van der Waals surface area contributed by atoms with Crippen LogP contribution in [0.25, 0.3) is 11.1 Å². The number of aryl methyl sites for hydroxylation is 2. The molecule has 0 amide bonds. The van der Waals surface area contributed by atoms with Crippen LogP contribution in [0.1, 0.15) is 28.4 Å². The predicted octanol–water partition coefficient (Wildman–Crippen LogP) is 4.31. The second kappa shape index (κ2) is 4.73. The van der Waals surface area contributed by atoms with Crippen LogP contribution < -0.4 is 0 Å². The second-order valence-corrected chi connectivity index (χ2v) is 4.57. The monoisotopic (exact) mass is 242 g/mol. The Morgan fingerprint density at radius 1 is 1.06 bits per heavy atom. The number of benzene rings is 2. The maximum absolute atomic E-state index is 14.0. The maximum atomic E-state index is 14.0. The van der Waals surface area contributed by atoms with E-state index in [4.69, 9.17) is 0 Å². The fraction of sp³-hybridized carbons (Fsp3) is 0.188. The van der Waals surface area contributed by atoms with E-state index >= 15 is 0 Å². The minimum absolute atomic E-state index is 0.0163. The van der Waals surface area contributed by atoms with Gasteiger partial charge in [-0.05, 0) is 43.5 Å². The molecule has 0 aliphatic heterocycles. The van der Waals surface area contributed by atoms with Crippen molar-refractivity contribution in [1.82, 2.24) is 0 Å². The molecule has 0 bridgehead atoms. The smallest absolute Gasteiger partial charge is 0.159 e. The maximum Gasteiger partial charge on any atom is 0.159 e. The van der Waals surface area contributed by atoms with Gasteiger partial charge in [0.05, 0.1) is 0 Å². The van der Waals surface area contributed by atoms with Crippen molar-refractivity contribution in [2.24, 2.45) is 0 Å². The molecule has 0 saturated carbocycles. The number of halogens is 1. The van der Waals surface area contributed by atoms with Gasteiger partial charge in [-0.3, -0.25) is 4.79 Å². The Balaban J connectivity index is 2.52. The third-order valence-electron chi connectivity index (χ3n) is 3.01. The summed E-state index contributed by atoms with van der Waals surface area (Å²) in [6.07, 6.45) is 0. The van der Waals surface area contributed by atoms with Crippen molar-refractivity contribution in [2.75, 3.05) is 0 Å². The normalized spacial score (nSPS) is 10.4. The quantitative estimate of drug-likeness (QED) is 0.717. The number of hydrogen-bond acceptors (Lipinski definition) is 1. The summed E-state index contributed by atoms with van der Waals surface area (Å²) in [6.45, 7) is 5.29. The average Bonchev–Trinajstić information content (AvgIpc) is 2.28. The van der Waals surface area contributed by atoms with Gasteiger partial charge in [-0.25, -0.2) is 4.39 Å². The van der Waals surface area contributed by atoms with E-state index in [1.54, 1.807) is 24.3 Å². The van der Waals surface area contributed by atoms with E-state index in [9.17, 15) is 9.18 Å². The summed E-state index contributed by atoms with van der Waals surface area (Å²) in [5.41, 5.74) is 3.87. The standard InChI is InChI=1S/C16H15FO/c1-10-8-11(2)16(15(17)9-10)14-6-4-13(5-7-14)12(3)18/h4-9H,1-3H3. The Morgan fingerprint density at radius 2 is 1.67 bits per heavy atom. The Labute approximate surface area is 106 Å². The van der Waals surface area contributed by atoms with Gasteiger partial charge in [-0.2, -0.15) is 0 Å². The van der Waals surface area contributed by atoms with Crippen LogP contribution in [0.15, 0.2) is 36.4 Å². The van der Waals surface area contributed by atoms with Gasteiger partial charge in [0.15, 0.2) is 5.78 Å². The molecule has 0 N–H and O–H groups in total. The number of ketones is 1. The van der Waals surface area contributed by atoms with Gasteiger partial charge < -0.3 is 0 Å². The summed E-state index contributed by atoms with van der Waals surface area (Å²) in [7, 11) is 0. The van der Waals surface area contributed by atoms with E-state index in [1.807, 2.05) is 19.9 Å². The number of carbonyl (C=O) groups is 1. The highest BCUT2D eigenvalue weighted by atomic mass is 19.1. The molecule has 0 aliphatic rings. The van der Waals surface area contributed by atoms with Gasteiger partial charge in [-0.15, -0.1) is 0 Å². The van der Waals surface area contributed by atoms with Crippen LogP contribution in [-0.4, -0.2) is 5.78 Å².